The van der Waals surface area contributed by atoms with Crippen molar-refractivity contribution in [3.63, 3.8) is 0 Å². The van der Waals surface area contributed by atoms with Crippen LogP contribution in [0.2, 0.25) is 0 Å². The summed E-state index contributed by atoms with van der Waals surface area (Å²) >= 11 is 0. The van der Waals surface area contributed by atoms with E-state index in [0.717, 1.165) is 5.56 Å². The second kappa shape index (κ2) is 5.69. The van der Waals surface area contributed by atoms with E-state index in [1.807, 2.05) is 0 Å². The number of hydrogen-bond donors (Lipinski definition) is 1. The minimum atomic E-state index is -4.70. The summed E-state index contributed by atoms with van der Waals surface area (Å²) in [5, 5.41) is 9.14. The number of phenolic OH excluding ortho intramolecular Hbond substituents is 1. The van der Waals surface area contributed by atoms with Crippen LogP contribution in [0.3, 0.4) is 0 Å². The first kappa shape index (κ1) is 14.0. The van der Waals surface area contributed by atoms with Crippen LogP contribution in [0.15, 0.2) is 48.5 Å². The van der Waals surface area contributed by atoms with E-state index in [2.05, 4.69) is 4.74 Å². The van der Waals surface area contributed by atoms with E-state index >= 15 is 0 Å². The Bertz CT molecular complexity index is 601. The Labute approximate surface area is 113 Å². The van der Waals surface area contributed by atoms with E-state index in [4.69, 9.17) is 5.11 Å². The Morgan fingerprint density at radius 3 is 2.20 bits per heavy atom. The number of phenols is 1. The molecule has 0 spiro atoms. The molecule has 0 aromatic heterocycles. The number of ether oxygens (including phenoxy) is 1. The number of aromatic hydroxyl groups is 1. The average Bonchev–Trinajstić information content (AvgIpc) is 2.36. The van der Waals surface area contributed by atoms with Crippen LogP contribution in [-0.2, 0) is 0 Å². The summed E-state index contributed by atoms with van der Waals surface area (Å²) in [7, 11) is 0. The standard InChI is InChI=1S/C15H11F3O2/c16-15(17,18)20-14-3-1-2-12(10-14)5-4-11-6-8-13(19)9-7-11/h1-10,19H/b5-4+. The smallest absolute Gasteiger partial charge is 0.508 e. The van der Waals surface area contributed by atoms with Gasteiger partial charge in [-0.05, 0) is 35.4 Å². The van der Waals surface area contributed by atoms with Gasteiger partial charge in [-0.3, -0.25) is 0 Å². The summed E-state index contributed by atoms with van der Waals surface area (Å²) in [6, 6.07) is 12.1. The summed E-state index contributed by atoms with van der Waals surface area (Å²) in [6.45, 7) is 0. The zero-order chi connectivity index (χ0) is 14.6. The molecule has 0 unspecified atom stereocenters. The topological polar surface area (TPSA) is 29.5 Å². The molecule has 2 aromatic carbocycles. The van der Waals surface area contributed by atoms with E-state index in [9.17, 15) is 13.2 Å². The monoisotopic (exact) mass is 280 g/mol. The second-order valence-electron chi connectivity index (χ2n) is 4.05. The van der Waals surface area contributed by atoms with Crippen LogP contribution in [-0.4, -0.2) is 11.5 Å². The molecule has 0 aliphatic carbocycles. The molecule has 0 radical (unpaired) electrons. The van der Waals surface area contributed by atoms with Gasteiger partial charge < -0.3 is 9.84 Å². The van der Waals surface area contributed by atoms with E-state index in [-0.39, 0.29) is 11.5 Å². The molecule has 0 fully saturated rings. The lowest BCUT2D eigenvalue weighted by molar-refractivity contribution is -0.274. The van der Waals surface area contributed by atoms with E-state index < -0.39 is 6.36 Å². The van der Waals surface area contributed by atoms with Crippen molar-refractivity contribution < 1.29 is 23.0 Å². The highest BCUT2D eigenvalue weighted by Gasteiger charge is 2.30. The molecule has 104 valence electrons. The predicted octanol–water partition coefficient (Wildman–Crippen LogP) is 4.46. The Kier molecular flexibility index (Phi) is 3.98. The number of hydrogen-bond acceptors (Lipinski definition) is 2. The highest BCUT2D eigenvalue weighted by atomic mass is 19.4. The average molecular weight is 280 g/mol. The summed E-state index contributed by atoms with van der Waals surface area (Å²) < 4.78 is 40.1. The van der Waals surface area contributed by atoms with Crippen molar-refractivity contribution in [2.24, 2.45) is 0 Å². The highest BCUT2D eigenvalue weighted by Crippen LogP contribution is 2.24. The molecule has 0 aliphatic heterocycles. The van der Waals surface area contributed by atoms with Gasteiger partial charge in [-0.15, -0.1) is 13.2 Å². The van der Waals surface area contributed by atoms with Crippen LogP contribution in [0, 0.1) is 0 Å². The fourth-order valence-electron chi connectivity index (χ4n) is 1.59. The molecule has 0 bridgehead atoms. The van der Waals surface area contributed by atoms with Crippen molar-refractivity contribution in [2.75, 3.05) is 0 Å². The van der Waals surface area contributed by atoms with Crippen LogP contribution in [0.4, 0.5) is 13.2 Å². The third-order valence-corrected chi connectivity index (χ3v) is 2.45. The maximum atomic E-state index is 12.1. The van der Waals surface area contributed by atoms with Gasteiger partial charge in [-0.2, -0.15) is 0 Å². The van der Waals surface area contributed by atoms with Crippen LogP contribution in [0.1, 0.15) is 11.1 Å². The van der Waals surface area contributed by atoms with Crippen molar-refractivity contribution in [2.45, 2.75) is 6.36 Å². The SMILES string of the molecule is Oc1ccc(/C=C/c2cccc(OC(F)(F)F)c2)cc1. The van der Waals surface area contributed by atoms with Gasteiger partial charge in [-0.25, -0.2) is 0 Å². The van der Waals surface area contributed by atoms with Crippen LogP contribution >= 0.6 is 0 Å². The molecule has 1 N–H and O–H groups in total. The Hall–Kier alpha value is -2.43. The van der Waals surface area contributed by atoms with Crippen molar-refractivity contribution in [1.29, 1.82) is 0 Å². The maximum absolute atomic E-state index is 12.1. The summed E-state index contributed by atoms with van der Waals surface area (Å²) in [5.41, 5.74) is 1.41. The Balaban J connectivity index is 2.13. The quantitative estimate of drug-likeness (QED) is 0.841. The normalized spacial score (nSPS) is 11.8. The first-order chi connectivity index (χ1) is 9.42. The van der Waals surface area contributed by atoms with Crippen molar-refractivity contribution >= 4 is 12.2 Å². The van der Waals surface area contributed by atoms with Crippen LogP contribution in [0.25, 0.3) is 12.2 Å². The molecule has 0 saturated carbocycles. The molecule has 2 aromatic rings. The molecular formula is C15H11F3O2. The number of halogens is 3. The lowest BCUT2D eigenvalue weighted by Gasteiger charge is -2.08. The molecule has 0 heterocycles. The summed E-state index contributed by atoms with van der Waals surface area (Å²) in [5.74, 6) is -0.104. The zero-order valence-corrected chi connectivity index (χ0v) is 10.3. The van der Waals surface area contributed by atoms with Crippen molar-refractivity contribution in [3.05, 3.63) is 59.7 Å². The highest BCUT2D eigenvalue weighted by molar-refractivity contribution is 5.70. The lowest BCUT2D eigenvalue weighted by Crippen LogP contribution is -2.17. The van der Waals surface area contributed by atoms with Crippen molar-refractivity contribution in [3.8, 4) is 11.5 Å². The minimum Gasteiger partial charge on any atom is -0.508 e. The van der Waals surface area contributed by atoms with Gasteiger partial charge in [0, 0.05) is 0 Å². The summed E-state index contributed by atoms with van der Waals surface area (Å²) in [4.78, 5) is 0. The Morgan fingerprint density at radius 1 is 0.900 bits per heavy atom. The number of benzene rings is 2. The van der Waals surface area contributed by atoms with Gasteiger partial charge in [0.15, 0.2) is 0 Å². The van der Waals surface area contributed by atoms with Crippen LogP contribution < -0.4 is 4.74 Å². The molecule has 0 saturated heterocycles. The molecule has 20 heavy (non-hydrogen) atoms. The van der Waals surface area contributed by atoms with Crippen LogP contribution in [0.5, 0.6) is 11.5 Å². The van der Waals surface area contributed by atoms with E-state index in [0.29, 0.717) is 5.56 Å². The largest absolute Gasteiger partial charge is 0.573 e. The predicted molar refractivity (Wildman–Crippen MR) is 70.2 cm³/mol. The molecule has 2 rings (SSSR count). The molecular weight excluding hydrogens is 269 g/mol. The third-order valence-electron chi connectivity index (χ3n) is 2.45. The molecule has 2 nitrogen and oxygen atoms in total. The number of alkyl halides is 3. The first-order valence-electron chi connectivity index (χ1n) is 5.75. The fourth-order valence-corrected chi connectivity index (χ4v) is 1.59. The lowest BCUT2D eigenvalue weighted by atomic mass is 10.1. The fraction of sp³-hybridized carbons (Fsp3) is 0.0667. The molecule has 0 amide bonds. The molecule has 0 atom stereocenters. The maximum Gasteiger partial charge on any atom is 0.573 e. The Morgan fingerprint density at radius 2 is 1.55 bits per heavy atom. The summed E-state index contributed by atoms with van der Waals surface area (Å²) in [6.07, 6.45) is -1.30. The van der Waals surface area contributed by atoms with Gasteiger partial charge in [0.25, 0.3) is 0 Å². The minimum absolute atomic E-state index is 0.155. The third kappa shape index (κ3) is 4.35. The van der Waals surface area contributed by atoms with Gasteiger partial charge in [-0.1, -0.05) is 36.4 Å². The zero-order valence-electron chi connectivity index (χ0n) is 10.3. The van der Waals surface area contributed by atoms with E-state index in [1.165, 1.54) is 30.3 Å². The van der Waals surface area contributed by atoms with Crippen molar-refractivity contribution in [1.82, 2.24) is 0 Å². The van der Waals surface area contributed by atoms with Gasteiger partial charge >= 0.3 is 6.36 Å². The molecule has 0 aliphatic rings. The molecule has 5 heteroatoms. The van der Waals surface area contributed by atoms with Gasteiger partial charge in [0.05, 0.1) is 0 Å². The van der Waals surface area contributed by atoms with E-state index in [1.54, 1.807) is 30.4 Å². The second-order valence-corrected chi connectivity index (χ2v) is 4.05. The first-order valence-corrected chi connectivity index (χ1v) is 5.75. The number of rotatable bonds is 3. The van der Waals surface area contributed by atoms with Gasteiger partial charge in [0.1, 0.15) is 11.5 Å². The van der Waals surface area contributed by atoms with Gasteiger partial charge in [0.2, 0.25) is 0 Å².